The Labute approximate surface area is 305 Å². The maximum absolute atomic E-state index is 2.41. The fourth-order valence-corrected chi connectivity index (χ4v) is 7.33. The molecule has 0 aliphatic carbocycles. The molecule has 0 heterocycles. The number of hydrogen-bond donors (Lipinski definition) is 0. The highest BCUT2D eigenvalue weighted by atomic mass is 15.1. The number of hydrogen-bond acceptors (Lipinski definition) is 2. The second kappa shape index (κ2) is 13.8. The van der Waals surface area contributed by atoms with Crippen LogP contribution in [-0.4, -0.2) is 0 Å². The van der Waals surface area contributed by atoms with Crippen LogP contribution in [0.4, 0.5) is 34.1 Å². The van der Waals surface area contributed by atoms with E-state index in [1.807, 2.05) is 0 Å². The highest BCUT2D eigenvalue weighted by Gasteiger charge is 2.20. The first-order valence-electron chi connectivity index (χ1n) is 17.8. The number of para-hydroxylation sites is 2. The van der Waals surface area contributed by atoms with E-state index in [2.05, 4.69) is 228 Å². The van der Waals surface area contributed by atoms with E-state index in [-0.39, 0.29) is 0 Å². The molecule has 0 atom stereocenters. The van der Waals surface area contributed by atoms with Crippen molar-refractivity contribution in [2.45, 2.75) is 0 Å². The van der Waals surface area contributed by atoms with E-state index < -0.39 is 0 Å². The maximum atomic E-state index is 2.41. The Kier molecular flexibility index (Phi) is 8.24. The molecule has 0 fully saturated rings. The summed E-state index contributed by atoms with van der Waals surface area (Å²) in [6.45, 7) is 0. The fraction of sp³-hybridized carbons (Fsp3) is 0. The first-order chi connectivity index (χ1) is 25.8. The maximum Gasteiger partial charge on any atom is 0.0546 e. The van der Waals surface area contributed by atoms with Crippen LogP contribution >= 0.6 is 0 Å². The third-order valence-electron chi connectivity index (χ3n) is 9.79. The minimum Gasteiger partial charge on any atom is -0.310 e. The van der Waals surface area contributed by atoms with Gasteiger partial charge in [0.1, 0.15) is 0 Å². The van der Waals surface area contributed by atoms with Crippen LogP contribution in [0, 0.1) is 0 Å². The molecule has 0 aliphatic rings. The smallest absolute Gasteiger partial charge is 0.0546 e. The quantitative estimate of drug-likeness (QED) is 0.159. The summed E-state index contributed by atoms with van der Waals surface area (Å²) < 4.78 is 0. The van der Waals surface area contributed by atoms with Crippen LogP contribution in [0.1, 0.15) is 0 Å². The molecule has 0 radical (unpaired) electrons. The van der Waals surface area contributed by atoms with Gasteiger partial charge >= 0.3 is 0 Å². The van der Waals surface area contributed by atoms with Gasteiger partial charge < -0.3 is 9.80 Å². The van der Waals surface area contributed by atoms with Gasteiger partial charge in [-0.05, 0) is 105 Å². The predicted octanol–water partition coefficient (Wildman–Crippen LogP) is 14.3. The Morgan fingerprint density at radius 2 is 0.750 bits per heavy atom. The monoisotopic (exact) mass is 664 g/mol. The summed E-state index contributed by atoms with van der Waals surface area (Å²) in [5.74, 6) is 0. The van der Waals surface area contributed by atoms with Crippen molar-refractivity contribution in [3.8, 4) is 22.3 Å². The average Bonchev–Trinajstić information content (AvgIpc) is 3.22. The van der Waals surface area contributed by atoms with Crippen LogP contribution < -0.4 is 9.80 Å². The predicted molar refractivity (Wildman–Crippen MR) is 222 cm³/mol. The molecule has 0 N–H and O–H groups in total. The van der Waals surface area contributed by atoms with Gasteiger partial charge in [-0.3, -0.25) is 0 Å². The number of rotatable bonds is 8. The Balaban J connectivity index is 1.18. The zero-order valence-electron chi connectivity index (χ0n) is 28.7. The molecular weight excluding hydrogens is 629 g/mol. The summed E-state index contributed by atoms with van der Waals surface area (Å²) in [5.41, 5.74) is 11.4. The van der Waals surface area contributed by atoms with Crippen molar-refractivity contribution in [3.63, 3.8) is 0 Å². The first-order valence-corrected chi connectivity index (χ1v) is 17.8. The minimum atomic E-state index is 1.10. The van der Waals surface area contributed by atoms with Gasteiger partial charge in [-0.25, -0.2) is 0 Å². The van der Waals surface area contributed by atoms with Gasteiger partial charge in [0.05, 0.1) is 5.69 Å². The molecule has 0 spiro atoms. The lowest BCUT2D eigenvalue weighted by Gasteiger charge is -2.29. The van der Waals surface area contributed by atoms with Crippen molar-refractivity contribution in [3.05, 3.63) is 218 Å². The molecule has 0 saturated heterocycles. The van der Waals surface area contributed by atoms with Crippen LogP contribution in [0.15, 0.2) is 218 Å². The van der Waals surface area contributed by atoms with Crippen molar-refractivity contribution < 1.29 is 0 Å². The molecule has 9 rings (SSSR count). The van der Waals surface area contributed by atoms with Gasteiger partial charge in [-0.15, -0.1) is 0 Å². The molecule has 0 bridgehead atoms. The van der Waals surface area contributed by atoms with Crippen molar-refractivity contribution in [2.24, 2.45) is 0 Å². The Morgan fingerprint density at radius 1 is 0.250 bits per heavy atom. The van der Waals surface area contributed by atoms with Gasteiger partial charge in [0.15, 0.2) is 0 Å². The van der Waals surface area contributed by atoms with Gasteiger partial charge in [-0.1, -0.05) is 152 Å². The van der Waals surface area contributed by atoms with E-state index in [0.29, 0.717) is 0 Å². The second-order valence-corrected chi connectivity index (χ2v) is 13.0. The van der Waals surface area contributed by atoms with E-state index in [4.69, 9.17) is 0 Å². The summed E-state index contributed by atoms with van der Waals surface area (Å²) in [6, 6.07) is 78.3. The van der Waals surface area contributed by atoms with E-state index in [1.165, 1.54) is 32.7 Å². The second-order valence-electron chi connectivity index (χ2n) is 13.0. The molecule has 2 nitrogen and oxygen atoms in total. The molecule has 0 saturated carbocycles. The van der Waals surface area contributed by atoms with Gasteiger partial charge in [0.2, 0.25) is 0 Å². The largest absolute Gasteiger partial charge is 0.310 e. The highest BCUT2D eigenvalue weighted by Crippen LogP contribution is 2.45. The molecule has 0 amide bonds. The summed E-state index contributed by atoms with van der Waals surface area (Å²) in [6.07, 6.45) is 0. The lowest BCUT2D eigenvalue weighted by atomic mass is 9.95. The van der Waals surface area contributed by atoms with Gasteiger partial charge in [0, 0.05) is 34.0 Å². The molecule has 0 aliphatic heterocycles. The average molecular weight is 665 g/mol. The summed E-state index contributed by atoms with van der Waals surface area (Å²) >= 11 is 0. The summed E-state index contributed by atoms with van der Waals surface area (Å²) in [5, 5.41) is 4.88. The van der Waals surface area contributed by atoms with Crippen LogP contribution in [0.3, 0.4) is 0 Å². The third kappa shape index (κ3) is 5.97. The molecule has 9 aromatic carbocycles. The van der Waals surface area contributed by atoms with Crippen molar-refractivity contribution in [2.75, 3.05) is 9.80 Å². The summed E-state index contributed by atoms with van der Waals surface area (Å²) in [4.78, 5) is 4.72. The van der Waals surface area contributed by atoms with Crippen molar-refractivity contribution in [1.29, 1.82) is 0 Å². The number of fused-ring (bicyclic) bond motifs is 2. The zero-order valence-corrected chi connectivity index (χ0v) is 28.7. The van der Waals surface area contributed by atoms with Gasteiger partial charge in [0.25, 0.3) is 0 Å². The molecule has 9 aromatic rings. The van der Waals surface area contributed by atoms with Crippen LogP contribution in [0.2, 0.25) is 0 Å². The third-order valence-corrected chi connectivity index (χ3v) is 9.79. The lowest BCUT2D eigenvalue weighted by molar-refractivity contribution is 1.28. The molecule has 2 heteroatoms. The van der Waals surface area contributed by atoms with Crippen molar-refractivity contribution >= 4 is 55.7 Å². The SMILES string of the molecule is c1ccc(-c2c(N(c3ccc(-c4cccc(N(c5ccccc5)c5ccccc5)c4)cc3)c3ccc4ccccc4c3)ccc3ccccc23)cc1. The van der Waals surface area contributed by atoms with E-state index in [9.17, 15) is 0 Å². The Bertz CT molecular complexity index is 2570. The van der Waals surface area contributed by atoms with E-state index >= 15 is 0 Å². The molecule has 0 aromatic heterocycles. The number of benzene rings is 9. The van der Waals surface area contributed by atoms with Gasteiger partial charge in [-0.2, -0.15) is 0 Å². The summed E-state index contributed by atoms with van der Waals surface area (Å²) in [7, 11) is 0. The molecule has 0 unspecified atom stereocenters. The van der Waals surface area contributed by atoms with E-state index in [1.54, 1.807) is 0 Å². The molecule has 246 valence electrons. The number of nitrogens with zero attached hydrogens (tertiary/aromatic N) is 2. The van der Waals surface area contributed by atoms with Crippen LogP contribution in [-0.2, 0) is 0 Å². The topological polar surface area (TPSA) is 6.48 Å². The normalized spacial score (nSPS) is 11.1. The first kappa shape index (κ1) is 31.1. The van der Waals surface area contributed by atoms with E-state index in [0.717, 1.165) is 45.3 Å². The van der Waals surface area contributed by atoms with Crippen LogP contribution in [0.25, 0.3) is 43.8 Å². The fourth-order valence-electron chi connectivity index (χ4n) is 7.33. The Morgan fingerprint density at radius 3 is 1.46 bits per heavy atom. The minimum absolute atomic E-state index is 1.10. The number of anilines is 6. The lowest BCUT2D eigenvalue weighted by Crippen LogP contribution is -2.11. The zero-order chi connectivity index (χ0) is 34.7. The Hall–Kier alpha value is -6.90. The highest BCUT2D eigenvalue weighted by molar-refractivity contribution is 6.05. The van der Waals surface area contributed by atoms with Crippen LogP contribution in [0.5, 0.6) is 0 Å². The molecular formula is C50H36N2. The standard InChI is InChI=1S/C50H36N2/c1-4-17-40(18-5-1)50-48-26-13-12-16-39(48)30-34-49(50)52(47-33-29-37-15-10-11-19-41(37)36-47)45-31-27-38(28-32-45)42-20-14-25-46(35-42)51(43-21-6-2-7-22-43)44-23-8-3-9-24-44/h1-36H. The molecule has 52 heavy (non-hydrogen) atoms. The van der Waals surface area contributed by atoms with Crippen molar-refractivity contribution in [1.82, 2.24) is 0 Å².